The molecule has 0 spiro atoms. The summed E-state index contributed by atoms with van der Waals surface area (Å²) in [6.45, 7) is 5.87. The number of esters is 2. The number of carbonyl (C=O) groups excluding carboxylic acids is 3. The highest BCUT2D eigenvalue weighted by molar-refractivity contribution is 7.54. The van der Waals surface area contributed by atoms with Crippen LogP contribution in [-0.2, 0) is 36.7 Å². The van der Waals surface area contributed by atoms with Gasteiger partial charge in [-0.2, -0.15) is 0 Å². The Kier molecular flexibility index (Phi) is 13.8. The SMILES string of the molecule is CCOP(=O)(OCC)C(NC(=O)NC(c1ccc(O)c(C(=O)OC)c1)P(=O)(OCC)OCC)c1ccc(O)c(C(=O)OC)c1. The summed E-state index contributed by atoms with van der Waals surface area (Å²) in [5, 5.41) is 25.4. The third kappa shape index (κ3) is 8.81. The molecule has 244 valence electrons. The average Bonchev–Trinajstić information content (AvgIpc) is 2.99. The molecule has 0 saturated heterocycles. The van der Waals surface area contributed by atoms with Gasteiger partial charge in [-0.15, -0.1) is 0 Å². The van der Waals surface area contributed by atoms with E-state index in [0.717, 1.165) is 38.5 Å². The van der Waals surface area contributed by atoms with Crippen molar-refractivity contribution in [2.45, 2.75) is 39.3 Å². The number of benzene rings is 2. The average molecular weight is 661 g/mol. The van der Waals surface area contributed by atoms with E-state index in [4.69, 9.17) is 27.6 Å². The number of carbonyl (C=O) groups is 3. The molecule has 0 aliphatic carbocycles. The van der Waals surface area contributed by atoms with Gasteiger partial charge in [-0.1, -0.05) is 12.1 Å². The van der Waals surface area contributed by atoms with Crippen LogP contribution in [0.5, 0.6) is 11.5 Å². The number of methoxy groups -OCH3 is 2. The molecule has 0 aromatic heterocycles. The number of nitrogens with one attached hydrogen (secondary N) is 2. The molecule has 0 aliphatic heterocycles. The highest BCUT2D eigenvalue weighted by atomic mass is 31.2. The molecule has 2 unspecified atom stereocenters. The van der Waals surface area contributed by atoms with Crippen molar-refractivity contribution in [2.24, 2.45) is 0 Å². The first-order valence-electron chi connectivity index (χ1n) is 13.5. The fourth-order valence-electron chi connectivity index (χ4n) is 4.07. The standard InChI is InChI=1S/C27H38N2O13P2/c1-7-39-43(35,40-8-2)23(17-11-13-21(30)19(15-17)25(32)37-5)28-27(34)29-24(44(36,41-9-3)42-10-4)18-12-14-22(31)20(16-18)26(33)38-6/h11-16,23-24,30-31H,7-10H2,1-6H3,(H2,28,29,34). The zero-order valence-corrected chi connectivity index (χ0v) is 27.0. The Labute approximate surface area is 255 Å². The number of phenolic OH excluding ortho intramolecular Hbond substituents is 2. The molecule has 44 heavy (non-hydrogen) atoms. The van der Waals surface area contributed by atoms with E-state index >= 15 is 0 Å². The van der Waals surface area contributed by atoms with Gasteiger partial charge in [-0.3, -0.25) is 9.13 Å². The molecule has 2 aromatic carbocycles. The van der Waals surface area contributed by atoms with Crippen LogP contribution in [0.3, 0.4) is 0 Å². The molecule has 17 heteroatoms. The largest absolute Gasteiger partial charge is 0.507 e. The minimum Gasteiger partial charge on any atom is -0.507 e. The summed E-state index contributed by atoms with van der Waals surface area (Å²) in [6.07, 6.45) is 0. The maximum absolute atomic E-state index is 14.0. The first-order chi connectivity index (χ1) is 20.8. The number of hydrogen-bond acceptors (Lipinski definition) is 13. The molecular weight excluding hydrogens is 622 g/mol. The van der Waals surface area contributed by atoms with Crippen LogP contribution < -0.4 is 10.6 Å². The Bertz CT molecular complexity index is 1290. The van der Waals surface area contributed by atoms with Gasteiger partial charge in [0.15, 0.2) is 11.6 Å². The number of hydrogen-bond donors (Lipinski definition) is 4. The Balaban J connectivity index is 2.68. The number of rotatable bonds is 16. The first kappa shape index (κ1) is 36.7. The van der Waals surface area contributed by atoms with Crippen LogP contribution >= 0.6 is 15.2 Å². The van der Waals surface area contributed by atoms with Crippen LogP contribution in [0, 0.1) is 0 Å². The molecule has 0 fully saturated rings. The minimum absolute atomic E-state index is 0.0375. The zero-order chi connectivity index (χ0) is 33.1. The molecule has 0 aliphatic rings. The van der Waals surface area contributed by atoms with Crippen molar-refractivity contribution in [1.29, 1.82) is 0 Å². The summed E-state index contributed by atoms with van der Waals surface area (Å²) < 4.78 is 59.3. The van der Waals surface area contributed by atoms with Crippen molar-refractivity contribution < 1.29 is 61.3 Å². The summed E-state index contributed by atoms with van der Waals surface area (Å²) in [5.74, 6) is -5.80. The summed E-state index contributed by atoms with van der Waals surface area (Å²) in [6, 6.07) is 6.11. The van der Waals surface area contributed by atoms with E-state index < -0.39 is 56.2 Å². The third-order valence-electron chi connectivity index (χ3n) is 5.89. The molecule has 2 atom stereocenters. The second kappa shape index (κ2) is 16.6. The van der Waals surface area contributed by atoms with Gasteiger partial charge in [0.1, 0.15) is 22.6 Å². The summed E-state index contributed by atoms with van der Waals surface area (Å²) >= 11 is 0. The van der Waals surface area contributed by atoms with E-state index in [2.05, 4.69) is 10.6 Å². The van der Waals surface area contributed by atoms with Gasteiger partial charge in [-0.05, 0) is 63.1 Å². The highest BCUT2D eigenvalue weighted by Gasteiger charge is 2.42. The minimum atomic E-state index is -4.22. The fourth-order valence-corrected chi connectivity index (χ4v) is 7.85. The summed E-state index contributed by atoms with van der Waals surface area (Å²) in [4.78, 5) is 38.2. The molecule has 0 heterocycles. The molecule has 2 rings (SSSR count). The number of ether oxygens (including phenoxy) is 2. The molecule has 2 amide bonds. The van der Waals surface area contributed by atoms with Gasteiger partial charge < -0.3 is 48.4 Å². The van der Waals surface area contributed by atoms with Gasteiger partial charge in [-0.25, -0.2) is 14.4 Å². The van der Waals surface area contributed by atoms with Crippen molar-refractivity contribution in [3.63, 3.8) is 0 Å². The van der Waals surface area contributed by atoms with Crippen LogP contribution in [0.4, 0.5) is 4.79 Å². The maximum Gasteiger partial charge on any atom is 0.357 e. The van der Waals surface area contributed by atoms with Crippen molar-refractivity contribution in [3.8, 4) is 11.5 Å². The quantitative estimate of drug-likeness (QED) is 0.135. The summed E-state index contributed by atoms with van der Waals surface area (Å²) in [7, 11) is -6.24. The van der Waals surface area contributed by atoms with E-state index in [1.54, 1.807) is 27.7 Å². The monoisotopic (exact) mass is 660 g/mol. The van der Waals surface area contributed by atoms with Crippen LogP contribution in [0.25, 0.3) is 0 Å². The molecule has 15 nitrogen and oxygen atoms in total. The van der Waals surface area contributed by atoms with Crippen molar-refractivity contribution in [2.75, 3.05) is 40.6 Å². The molecule has 0 radical (unpaired) electrons. The molecular formula is C27H38N2O13P2. The lowest BCUT2D eigenvalue weighted by Gasteiger charge is -2.30. The lowest BCUT2D eigenvalue weighted by Crippen LogP contribution is -2.40. The lowest BCUT2D eigenvalue weighted by atomic mass is 10.1. The normalized spacial score (nSPS) is 13.0. The van der Waals surface area contributed by atoms with Crippen LogP contribution in [0.1, 0.15) is 71.1 Å². The number of aromatic hydroxyl groups is 2. The van der Waals surface area contributed by atoms with Crippen LogP contribution in [0.15, 0.2) is 36.4 Å². The second-order valence-electron chi connectivity index (χ2n) is 8.71. The second-order valence-corrected chi connectivity index (χ2v) is 12.9. The van der Waals surface area contributed by atoms with E-state index in [1.807, 2.05) is 0 Å². The van der Waals surface area contributed by atoms with Crippen LogP contribution in [-0.4, -0.2) is 68.8 Å². The third-order valence-corrected chi connectivity index (χ3v) is 10.5. The molecule has 0 saturated carbocycles. The summed E-state index contributed by atoms with van der Waals surface area (Å²) in [5.41, 5.74) is -0.497. The number of amides is 2. The zero-order valence-electron chi connectivity index (χ0n) is 25.2. The highest BCUT2D eigenvalue weighted by Crippen LogP contribution is 2.61. The fraction of sp³-hybridized carbons (Fsp3) is 0.444. The van der Waals surface area contributed by atoms with Gasteiger partial charge in [0.25, 0.3) is 0 Å². The lowest BCUT2D eigenvalue weighted by molar-refractivity contribution is 0.0588. The van der Waals surface area contributed by atoms with E-state index in [0.29, 0.717) is 0 Å². The van der Waals surface area contributed by atoms with E-state index in [1.165, 1.54) is 12.1 Å². The molecule has 4 N–H and O–H groups in total. The smallest absolute Gasteiger partial charge is 0.357 e. The molecule has 2 aromatic rings. The van der Waals surface area contributed by atoms with Crippen molar-refractivity contribution in [3.05, 3.63) is 58.7 Å². The predicted molar refractivity (Wildman–Crippen MR) is 158 cm³/mol. The molecule has 0 bridgehead atoms. The topological polar surface area (TPSA) is 205 Å². The number of phenols is 2. The van der Waals surface area contributed by atoms with E-state index in [-0.39, 0.29) is 48.7 Å². The number of urea groups is 1. The van der Waals surface area contributed by atoms with Crippen molar-refractivity contribution in [1.82, 2.24) is 10.6 Å². The Hall–Kier alpha value is -3.45. The van der Waals surface area contributed by atoms with Crippen LogP contribution in [0.2, 0.25) is 0 Å². The van der Waals surface area contributed by atoms with Gasteiger partial charge in [0, 0.05) is 0 Å². The maximum atomic E-state index is 14.0. The Morgan fingerprint density at radius 1 is 0.659 bits per heavy atom. The van der Waals surface area contributed by atoms with Gasteiger partial charge in [0.05, 0.1) is 40.6 Å². The van der Waals surface area contributed by atoms with Gasteiger partial charge >= 0.3 is 33.2 Å². The van der Waals surface area contributed by atoms with Crippen molar-refractivity contribution >= 4 is 33.2 Å². The Morgan fingerprint density at radius 2 is 0.977 bits per heavy atom. The predicted octanol–water partition coefficient (Wildman–Crippen LogP) is 5.20. The van der Waals surface area contributed by atoms with E-state index in [9.17, 15) is 33.7 Å². The Morgan fingerprint density at radius 3 is 1.25 bits per heavy atom. The first-order valence-corrected chi connectivity index (χ1v) is 16.7. The van der Waals surface area contributed by atoms with Gasteiger partial charge in [0.2, 0.25) is 0 Å².